The Hall–Kier alpha value is -1.59. The maximum absolute atomic E-state index is 13.6. The van der Waals surface area contributed by atoms with E-state index < -0.39 is 5.82 Å². The zero-order valence-electron chi connectivity index (χ0n) is 9.94. The molecule has 2 aromatic heterocycles. The number of hydrogen-bond acceptors (Lipinski definition) is 2. The third-order valence-corrected chi connectivity index (χ3v) is 3.34. The molecule has 0 aliphatic rings. The Morgan fingerprint density at radius 2 is 2.16 bits per heavy atom. The largest absolute Gasteiger partial charge is 0.278 e. The Balaban J connectivity index is 2.35. The first-order valence-corrected chi connectivity index (χ1v) is 6.44. The third-order valence-electron chi connectivity index (χ3n) is 2.81. The molecule has 2 heterocycles. The van der Waals surface area contributed by atoms with E-state index in [0.717, 1.165) is 0 Å². The molecule has 0 radical (unpaired) electrons. The van der Waals surface area contributed by atoms with Crippen molar-refractivity contribution in [3.8, 4) is 5.82 Å². The molecule has 0 saturated heterocycles. The van der Waals surface area contributed by atoms with Gasteiger partial charge >= 0.3 is 0 Å². The Labute approximate surface area is 118 Å². The highest BCUT2D eigenvalue weighted by molar-refractivity contribution is 6.31. The molecular formula is C12H9Cl2FN4. The molecule has 3 aromatic rings. The van der Waals surface area contributed by atoms with Crippen LogP contribution in [0.2, 0.25) is 5.02 Å². The molecule has 0 atom stereocenters. The summed E-state index contributed by atoms with van der Waals surface area (Å²) in [5, 5.41) is 4.33. The molecule has 19 heavy (non-hydrogen) atoms. The minimum Gasteiger partial charge on any atom is -0.278 e. The van der Waals surface area contributed by atoms with Crippen LogP contribution in [-0.4, -0.2) is 19.3 Å². The lowest BCUT2D eigenvalue weighted by Crippen LogP contribution is -2.01. The van der Waals surface area contributed by atoms with Crippen molar-refractivity contribution in [2.24, 2.45) is 7.05 Å². The van der Waals surface area contributed by atoms with Crippen LogP contribution in [0.25, 0.3) is 16.9 Å². The summed E-state index contributed by atoms with van der Waals surface area (Å²) in [6.07, 6.45) is 1.80. The zero-order chi connectivity index (χ0) is 13.6. The highest BCUT2D eigenvalue weighted by Crippen LogP contribution is 2.26. The van der Waals surface area contributed by atoms with Gasteiger partial charge in [-0.15, -0.1) is 11.6 Å². The van der Waals surface area contributed by atoms with E-state index in [1.165, 1.54) is 12.1 Å². The van der Waals surface area contributed by atoms with Crippen molar-refractivity contribution in [2.75, 3.05) is 0 Å². The molecule has 7 heteroatoms. The van der Waals surface area contributed by atoms with E-state index in [4.69, 9.17) is 23.2 Å². The molecule has 4 nitrogen and oxygen atoms in total. The van der Waals surface area contributed by atoms with E-state index in [1.807, 2.05) is 6.07 Å². The normalized spacial score (nSPS) is 11.4. The minimum absolute atomic E-state index is 0.0410. The molecule has 0 spiro atoms. The summed E-state index contributed by atoms with van der Waals surface area (Å²) in [6, 6.07) is 4.64. The second-order valence-electron chi connectivity index (χ2n) is 4.10. The van der Waals surface area contributed by atoms with Gasteiger partial charge in [-0.2, -0.15) is 5.10 Å². The van der Waals surface area contributed by atoms with E-state index in [9.17, 15) is 4.39 Å². The van der Waals surface area contributed by atoms with E-state index in [-0.39, 0.29) is 10.9 Å². The first kappa shape index (κ1) is 12.4. The second kappa shape index (κ2) is 4.51. The molecule has 98 valence electrons. The number of hydrogen-bond donors (Lipinski definition) is 0. The van der Waals surface area contributed by atoms with Crippen molar-refractivity contribution in [1.82, 2.24) is 19.3 Å². The molecule has 0 aliphatic heterocycles. The highest BCUT2D eigenvalue weighted by Gasteiger charge is 2.15. The molecule has 0 N–H and O–H groups in total. The van der Waals surface area contributed by atoms with Gasteiger partial charge in [0.2, 0.25) is 0 Å². The molecule has 1 aromatic carbocycles. The highest BCUT2D eigenvalue weighted by atomic mass is 35.5. The predicted octanol–water partition coefficient (Wildman–Crippen LogP) is 3.29. The quantitative estimate of drug-likeness (QED) is 0.681. The van der Waals surface area contributed by atoms with Crippen LogP contribution in [0.1, 0.15) is 5.82 Å². The summed E-state index contributed by atoms with van der Waals surface area (Å²) < 4.78 is 17.0. The van der Waals surface area contributed by atoms with Crippen molar-refractivity contribution in [1.29, 1.82) is 0 Å². The third kappa shape index (κ3) is 1.99. The average molecular weight is 299 g/mol. The van der Waals surface area contributed by atoms with Gasteiger partial charge < -0.3 is 0 Å². The fourth-order valence-electron chi connectivity index (χ4n) is 1.99. The van der Waals surface area contributed by atoms with Crippen LogP contribution in [0.3, 0.4) is 0 Å². The van der Waals surface area contributed by atoms with Gasteiger partial charge in [0.05, 0.1) is 21.9 Å². The topological polar surface area (TPSA) is 35.6 Å². The monoisotopic (exact) mass is 298 g/mol. The number of aryl methyl sites for hydroxylation is 1. The molecule has 0 bridgehead atoms. The lowest BCUT2D eigenvalue weighted by Gasteiger charge is -2.03. The van der Waals surface area contributed by atoms with Crippen LogP contribution in [0, 0.1) is 5.82 Å². The molecule has 0 aliphatic carbocycles. The number of alkyl halides is 1. The summed E-state index contributed by atoms with van der Waals surface area (Å²) in [6.45, 7) is 0. The fraction of sp³-hybridized carbons (Fsp3) is 0.167. The summed E-state index contributed by atoms with van der Waals surface area (Å²) in [5.74, 6) is 0.941. The van der Waals surface area contributed by atoms with E-state index in [1.54, 1.807) is 22.5 Å². The number of aromatic nitrogens is 4. The summed E-state index contributed by atoms with van der Waals surface area (Å²) >= 11 is 11.7. The Kier molecular flexibility index (Phi) is 2.95. The number of halogens is 3. The van der Waals surface area contributed by atoms with Gasteiger partial charge in [-0.05, 0) is 6.07 Å². The molecule has 0 unspecified atom stereocenters. The van der Waals surface area contributed by atoms with Gasteiger partial charge in [-0.1, -0.05) is 11.6 Å². The van der Waals surface area contributed by atoms with Crippen molar-refractivity contribution in [3.63, 3.8) is 0 Å². The van der Waals surface area contributed by atoms with Crippen molar-refractivity contribution in [2.45, 2.75) is 5.88 Å². The number of fused-ring (bicyclic) bond motifs is 1. The van der Waals surface area contributed by atoms with Crippen LogP contribution in [0.4, 0.5) is 4.39 Å². The Morgan fingerprint density at radius 3 is 2.79 bits per heavy atom. The second-order valence-corrected chi connectivity index (χ2v) is 4.77. The predicted molar refractivity (Wildman–Crippen MR) is 72.4 cm³/mol. The first-order chi connectivity index (χ1) is 9.10. The minimum atomic E-state index is -0.493. The number of nitrogens with zero attached hydrogens (tertiary/aromatic N) is 4. The number of benzene rings is 1. The van der Waals surface area contributed by atoms with Gasteiger partial charge in [0.15, 0.2) is 5.82 Å². The Bertz CT molecular complexity index is 763. The van der Waals surface area contributed by atoms with Crippen LogP contribution in [-0.2, 0) is 12.9 Å². The Morgan fingerprint density at radius 1 is 1.37 bits per heavy atom. The summed E-state index contributed by atoms with van der Waals surface area (Å²) in [4.78, 5) is 4.35. The molecule has 0 saturated carbocycles. The molecular weight excluding hydrogens is 290 g/mol. The SMILES string of the molecule is Cn1ccc(-n2c(CCl)nc3cc(Cl)c(F)cc32)n1. The standard InChI is InChI=1S/C12H9Cl2FN4/c1-18-3-2-11(17-18)19-10-5-8(15)7(14)4-9(10)16-12(19)6-13/h2-5H,6H2,1H3. The zero-order valence-corrected chi connectivity index (χ0v) is 11.5. The van der Waals surface area contributed by atoms with Crippen LogP contribution in [0.5, 0.6) is 0 Å². The van der Waals surface area contributed by atoms with E-state index >= 15 is 0 Å². The summed E-state index contributed by atoms with van der Waals surface area (Å²) in [7, 11) is 1.81. The summed E-state index contributed by atoms with van der Waals surface area (Å²) in [5.41, 5.74) is 1.18. The number of imidazole rings is 1. The number of rotatable bonds is 2. The van der Waals surface area contributed by atoms with Gasteiger partial charge in [0.25, 0.3) is 0 Å². The average Bonchev–Trinajstić information content (AvgIpc) is 2.93. The van der Waals surface area contributed by atoms with Gasteiger partial charge in [0.1, 0.15) is 11.6 Å². The first-order valence-electron chi connectivity index (χ1n) is 5.52. The van der Waals surface area contributed by atoms with Crippen molar-refractivity contribution < 1.29 is 4.39 Å². The van der Waals surface area contributed by atoms with Crippen LogP contribution < -0.4 is 0 Å². The smallest absolute Gasteiger partial charge is 0.160 e. The van der Waals surface area contributed by atoms with Gasteiger partial charge in [-0.25, -0.2) is 9.37 Å². The van der Waals surface area contributed by atoms with E-state index in [0.29, 0.717) is 22.7 Å². The molecule has 0 amide bonds. The molecule has 3 rings (SSSR count). The lowest BCUT2D eigenvalue weighted by molar-refractivity contribution is 0.629. The van der Waals surface area contributed by atoms with Crippen LogP contribution >= 0.6 is 23.2 Å². The molecule has 0 fully saturated rings. The van der Waals surface area contributed by atoms with Crippen molar-refractivity contribution >= 4 is 34.2 Å². The van der Waals surface area contributed by atoms with Gasteiger partial charge in [0, 0.05) is 25.4 Å². The lowest BCUT2D eigenvalue weighted by atomic mass is 10.3. The maximum atomic E-state index is 13.6. The van der Waals surface area contributed by atoms with Crippen LogP contribution in [0.15, 0.2) is 24.4 Å². The van der Waals surface area contributed by atoms with E-state index in [2.05, 4.69) is 10.1 Å². The fourth-order valence-corrected chi connectivity index (χ4v) is 2.33. The van der Waals surface area contributed by atoms with Gasteiger partial charge in [-0.3, -0.25) is 9.25 Å². The maximum Gasteiger partial charge on any atom is 0.160 e. The van der Waals surface area contributed by atoms with Crippen molar-refractivity contribution in [3.05, 3.63) is 41.1 Å².